The maximum absolute atomic E-state index is 6.44. The second-order valence-electron chi connectivity index (χ2n) is 6.64. The minimum Gasteiger partial charge on any atom is -0.488 e. The fourth-order valence-corrected chi connectivity index (χ4v) is 3.37. The standard InChI is InChI=1S/C26H22O/c1-20-17-18-24(22-13-7-3-8-14-22)26(25(20)23-15-9-4-10-16-23)27-19-21-11-5-2-6-12-21/h2-18H,19H2,1H3. The monoisotopic (exact) mass is 350 g/mol. The smallest absolute Gasteiger partial charge is 0.135 e. The van der Waals surface area contributed by atoms with Gasteiger partial charge >= 0.3 is 0 Å². The second-order valence-corrected chi connectivity index (χ2v) is 6.64. The summed E-state index contributed by atoms with van der Waals surface area (Å²) >= 11 is 0. The van der Waals surface area contributed by atoms with Gasteiger partial charge in [-0.25, -0.2) is 0 Å². The van der Waals surface area contributed by atoms with Crippen LogP contribution in [-0.4, -0.2) is 0 Å². The van der Waals surface area contributed by atoms with Crippen LogP contribution in [0.2, 0.25) is 0 Å². The molecule has 0 unspecified atom stereocenters. The van der Waals surface area contributed by atoms with Gasteiger partial charge in [0, 0.05) is 11.1 Å². The summed E-state index contributed by atoms with van der Waals surface area (Å²) in [4.78, 5) is 0. The first-order valence-corrected chi connectivity index (χ1v) is 9.24. The zero-order valence-corrected chi connectivity index (χ0v) is 15.4. The minimum atomic E-state index is 0.546. The van der Waals surface area contributed by atoms with Crippen molar-refractivity contribution in [3.05, 3.63) is 114 Å². The highest BCUT2D eigenvalue weighted by molar-refractivity contribution is 5.84. The lowest BCUT2D eigenvalue weighted by Gasteiger charge is -2.19. The Morgan fingerprint density at radius 2 is 1.15 bits per heavy atom. The van der Waals surface area contributed by atoms with Crippen molar-refractivity contribution in [2.75, 3.05) is 0 Å². The number of aryl methyl sites for hydroxylation is 1. The van der Waals surface area contributed by atoms with Gasteiger partial charge < -0.3 is 4.74 Å². The molecule has 0 fully saturated rings. The highest BCUT2D eigenvalue weighted by atomic mass is 16.5. The summed E-state index contributed by atoms with van der Waals surface area (Å²) in [5.41, 5.74) is 7.00. The molecule has 0 atom stereocenters. The molecule has 0 saturated heterocycles. The largest absolute Gasteiger partial charge is 0.488 e. The summed E-state index contributed by atoms with van der Waals surface area (Å²) in [6, 6.07) is 35.6. The van der Waals surface area contributed by atoms with Gasteiger partial charge in [-0.05, 0) is 29.2 Å². The quantitative estimate of drug-likeness (QED) is 0.380. The van der Waals surface area contributed by atoms with Gasteiger partial charge in [0.2, 0.25) is 0 Å². The predicted molar refractivity (Wildman–Crippen MR) is 113 cm³/mol. The van der Waals surface area contributed by atoms with Gasteiger partial charge in [0.1, 0.15) is 12.4 Å². The SMILES string of the molecule is Cc1ccc(-c2ccccc2)c(OCc2ccccc2)c1-c1ccccc1. The minimum absolute atomic E-state index is 0.546. The number of hydrogen-bond donors (Lipinski definition) is 0. The number of benzene rings is 4. The molecule has 27 heavy (non-hydrogen) atoms. The van der Waals surface area contributed by atoms with E-state index >= 15 is 0 Å². The molecule has 0 bridgehead atoms. The van der Waals surface area contributed by atoms with Gasteiger partial charge in [-0.15, -0.1) is 0 Å². The van der Waals surface area contributed by atoms with Crippen LogP contribution in [0.3, 0.4) is 0 Å². The van der Waals surface area contributed by atoms with Gasteiger partial charge in [-0.1, -0.05) is 103 Å². The first kappa shape index (κ1) is 17.1. The third kappa shape index (κ3) is 3.78. The number of ether oxygens (including phenoxy) is 1. The van der Waals surface area contributed by atoms with E-state index in [1.54, 1.807) is 0 Å². The summed E-state index contributed by atoms with van der Waals surface area (Å²) in [5.74, 6) is 0.941. The van der Waals surface area contributed by atoms with Crippen molar-refractivity contribution in [2.24, 2.45) is 0 Å². The molecule has 1 heteroatoms. The van der Waals surface area contributed by atoms with Crippen LogP contribution in [0.1, 0.15) is 11.1 Å². The average Bonchev–Trinajstić information content (AvgIpc) is 2.74. The Balaban J connectivity index is 1.84. The van der Waals surface area contributed by atoms with Crippen LogP contribution in [0, 0.1) is 6.92 Å². The Hall–Kier alpha value is -3.32. The molecule has 0 saturated carbocycles. The lowest BCUT2D eigenvalue weighted by Crippen LogP contribution is -2.00. The Kier molecular flexibility index (Phi) is 5.02. The van der Waals surface area contributed by atoms with Crippen LogP contribution >= 0.6 is 0 Å². The van der Waals surface area contributed by atoms with Gasteiger partial charge in [0.25, 0.3) is 0 Å². The fourth-order valence-electron chi connectivity index (χ4n) is 3.37. The van der Waals surface area contributed by atoms with E-state index in [0.717, 1.165) is 28.0 Å². The van der Waals surface area contributed by atoms with Crippen LogP contribution in [0.5, 0.6) is 5.75 Å². The predicted octanol–water partition coefficient (Wildman–Crippen LogP) is 6.91. The van der Waals surface area contributed by atoms with Crippen molar-refractivity contribution >= 4 is 0 Å². The molecule has 0 N–H and O–H groups in total. The van der Waals surface area contributed by atoms with Crippen molar-refractivity contribution in [2.45, 2.75) is 13.5 Å². The Labute approximate surface area is 160 Å². The van der Waals surface area contributed by atoms with Crippen molar-refractivity contribution in [1.82, 2.24) is 0 Å². The molecule has 0 spiro atoms. The van der Waals surface area contributed by atoms with E-state index in [1.807, 2.05) is 30.3 Å². The highest BCUT2D eigenvalue weighted by Gasteiger charge is 2.16. The molecule has 0 amide bonds. The number of rotatable bonds is 5. The molecule has 1 nitrogen and oxygen atoms in total. The highest BCUT2D eigenvalue weighted by Crippen LogP contribution is 2.41. The molecule has 0 aliphatic rings. The first-order chi connectivity index (χ1) is 13.3. The Bertz CT molecular complexity index is 1010. The van der Waals surface area contributed by atoms with Crippen LogP contribution in [0.15, 0.2) is 103 Å². The summed E-state index contributed by atoms with van der Waals surface area (Å²) < 4.78 is 6.44. The molecule has 0 radical (unpaired) electrons. The molecule has 0 aliphatic carbocycles. The normalized spacial score (nSPS) is 10.6. The molecule has 0 heterocycles. The Morgan fingerprint density at radius 1 is 0.593 bits per heavy atom. The van der Waals surface area contributed by atoms with E-state index < -0.39 is 0 Å². The average molecular weight is 350 g/mol. The van der Waals surface area contributed by atoms with E-state index in [2.05, 4.69) is 79.7 Å². The zero-order valence-electron chi connectivity index (χ0n) is 15.4. The van der Waals surface area contributed by atoms with Crippen LogP contribution in [0.25, 0.3) is 22.3 Å². The summed E-state index contributed by atoms with van der Waals surface area (Å²) in [7, 11) is 0. The first-order valence-electron chi connectivity index (χ1n) is 9.24. The van der Waals surface area contributed by atoms with Gasteiger partial charge in [0.15, 0.2) is 0 Å². The molecule has 4 aromatic rings. The second kappa shape index (κ2) is 7.92. The van der Waals surface area contributed by atoms with E-state index in [0.29, 0.717) is 6.61 Å². The Morgan fingerprint density at radius 3 is 1.78 bits per heavy atom. The van der Waals surface area contributed by atoms with Crippen molar-refractivity contribution in [3.63, 3.8) is 0 Å². The third-order valence-corrected chi connectivity index (χ3v) is 4.74. The van der Waals surface area contributed by atoms with E-state index in [4.69, 9.17) is 4.74 Å². The van der Waals surface area contributed by atoms with E-state index in [1.165, 1.54) is 11.1 Å². The van der Waals surface area contributed by atoms with Crippen molar-refractivity contribution in [3.8, 4) is 28.0 Å². The molecule has 132 valence electrons. The van der Waals surface area contributed by atoms with Gasteiger partial charge in [0.05, 0.1) is 0 Å². The summed E-state index contributed by atoms with van der Waals surface area (Å²) in [6.07, 6.45) is 0. The fraction of sp³-hybridized carbons (Fsp3) is 0.0769. The van der Waals surface area contributed by atoms with Crippen LogP contribution in [0.4, 0.5) is 0 Å². The summed E-state index contributed by atoms with van der Waals surface area (Å²) in [5, 5.41) is 0. The van der Waals surface area contributed by atoms with Crippen LogP contribution < -0.4 is 4.74 Å². The topological polar surface area (TPSA) is 9.23 Å². The molecule has 4 aromatic carbocycles. The van der Waals surface area contributed by atoms with Crippen molar-refractivity contribution in [1.29, 1.82) is 0 Å². The molecular weight excluding hydrogens is 328 g/mol. The maximum atomic E-state index is 6.44. The maximum Gasteiger partial charge on any atom is 0.135 e. The molecule has 0 aliphatic heterocycles. The molecule has 4 rings (SSSR count). The third-order valence-electron chi connectivity index (χ3n) is 4.74. The zero-order chi connectivity index (χ0) is 18.5. The molecular formula is C26H22O. The van der Waals surface area contributed by atoms with E-state index in [9.17, 15) is 0 Å². The summed E-state index contributed by atoms with van der Waals surface area (Å²) in [6.45, 7) is 2.69. The molecule has 0 aromatic heterocycles. The number of hydrogen-bond acceptors (Lipinski definition) is 1. The van der Waals surface area contributed by atoms with Gasteiger partial charge in [-0.3, -0.25) is 0 Å². The lowest BCUT2D eigenvalue weighted by atomic mass is 9.93. The van der Waals surface area contributed by atoms with E-state index in [-0.39, 0.29) is 0 Å². The lowest BCUT2D eigenvalue weighted by molar-refractivity contribution is 0.308. The van der Waals surface area contributed by atoms with Crippen LogP contribution in [-0.2, 0) is 6.61 Å². The van der Waals surface area contributed by atoms with Gasteiger partial charge in [-0.2, -0.15) is 0 Å². The van der Waals surface area contributed by atoms with Crippen molar-refractivity contribution < 1.29 is 4.74 Å².